The number of hydrogen-bond donors (Lipinski definition) is 0. The molecule has 3 aliphatic carbocycles. The minimum Gasteiger partial charge on any atom is -0.489 e. The normalized spacial score (nSPS) is 37.3. The van der Waals surface area contributed by atoms with Crippen LogP contribution >= 0.6 is 0 Å². The van der Waals surface area contributed by atoms with Gasteiger partial charge in [-0.25, -0.2) is 5.11 Å². The van der Waals surface area contributed by atoms with Gasteiger partial charge >= 0.3 is 0 Å². The molecule has 4 atom stereocenters. The van der Waals surface area contributed by atoms with Crippen molar-refractivity contribution in [1.29, 1.82) is 0 Å². The van der Waals surface area contributed by atoms with Gasteiger partial charge in [0, 0.05) is 12.0 Å². The average molecular weight is 216 g/mol. The molecule has 2 bridgehead atoms. The van der Waals surface area contributed by atoms with Crippen molar-refractivity contribution in [3.05, 3.63) is 30.3 Å². The summed E-state index contributed by atoms with van der Waals surface area (Å²) in [6.07, 6.45) is 3.93. The van der Waals surface area contributed by atoms with E-state index in [9.17, 15) is 5.11 Å². The number of fused-ring (bicyclic) bond motifs is 3. The lowest BCUT2D eigenvalue weighted by Crippen LogP contribution is -2.46. The van der Waals surface area contributed by atoms with Crippen LogP contribution in [0, 0.1) is 17.9 Å². The van der Waals surface area contributed by atoms with Gasteiger partial charge in [-0.15, -0.1) is 0 Å². The van der Waals surface area contributed by atoms with Crippen LogP contribution in [0.5, 0.6) is 5.75 Å². The van der Waals surface area contributed by atoms with Crippen LogP contribution in [0.15, 0.2) is 24.3 Å². The molecule has 0 amide bonds. The fourth-order valence-corrected chi connectivity index (χ4v) is 3.13. The van der Waals surface area contributed by atoms with Gasteiger partial charge in [0.05, 0.1) is 6.10 Å². The molecule has 0 aromatic heterocycles. The van der Waals surface area contributed by atoms with Crippen LogP contribution in [-0.2, 0) is 5.11 Å². The maximum atomic E-state index is 11.8. The van der Waals surface area contributed by atoms with Crippen molar-refractivity contribution in [1.82, 2.24) is 0 Å². The van der Waals surface area contributed by atoms with Gasteiger partial charge in [-0.05, 0) is 37.7 Å². The second-order valence-electron chi connectivity index (χ2n) is 5.00. The summed E-state index contributed by atoms with van der Waals surface area (Å²) in [6, 6.07) is 10.7. The van der Waals surface area contributed by atoms with Crippen LogP contribution in [0.1, 0.15) is 25.7 Å². The lowest BCUT2D eigenvalue weighted by Gasteiger charge is -2.44. The number of hydrogen-bond acceptors (Lipinski definition) is 1. The zero-order valence-electron chi connectivity index (χ0n) is 9.26. The zero-order chi connectivity index (χ0) is 11.0. The van der Waals surface area contributed by atoms with Crippen LogP contribution in [0.2, 0.25) is 0 Å². The van der Waals surface area contributed by atoms with Gasteiger partial charge < -0.3 is 4.74 Å². The Labute approximate surface area is 96.2 Å². The third-order valence-corrected chi connectivity index (χ3v) is 3.95. The molecule has 1 aromatic rings. The smallest absolute Gasteiger partial charge is 0.127 e. The van der Waals surface area contributed by atoms with Crippen molar-refractivity contribution >= 4 is 0 Å². The second kappa shape index (κ2) is 4.10. The Hall–Kier alpha value is -1.02. The fraction of sp³-hybridized carbons (Fsp3) is 0.571. The highest BCUT2D eigenvalue weighted by molar-refractivity contribution is 5.20. The highest BCUT2D eigenvalue weighted by Gasteiger charge is 2.43. The van der Waals surface area contributed by atoms with Crippen molar-refractivity contribution in [3.8, 4) is 5.75 Å². The average Bonchev–Trinajstić information content (AvgIpc) is 2.30. The van der Waals surface area contributed by atoms with Crippen molar-refractivity contribution in [2.45, 2.75) is 37.9 Å². The van der Waals surface area contributed by atoms with Crippen molar-refractivity contribution < 1.29 is 9.84 Å². The maximum absolute atomic E-state index is 11.8. The third-order valence-electron chi connectivity index (χ3n) is 3.95. The first kappa shape index (κ1) is 10.2. The van der Waals surface area contributed by atoms with Gasteiger partial charge in [0.2, 0.25) is 0 Å². The predicted molar refractivity (Wildman–Crippen MR) is 59.6 cm³/mol. The summed E-state index contributed by atoms with van der Waals surface area (Å²) in [4.78, 5) is 0. The lowest BCUT2D eigenvalue weighted by atomic mass is 9.67. The van der Waals surface area contributed by atoms with Gasteiger partial charge in [-0.1, -0.05) is 18.2 Å². The molecule has 0 aliphatic heterocycles. The molecule has 4 rings (SSSR count). The molecule has 3 saturated carbocycles. The highest BCUT2D eigenvalue weighted by atomic mass is 16.5. The minimum absolute atomic E-state index is 0.133. The Morgan fingerprint density at radius 2 is 2.19 bits per heavy atom. The molecule has 0 saturated heterocycles. The molecule has 1 aromatic carbocycles. The van der Waals surface area contributed by atoms with Crippen molar-refractivity contribution in [2.75, 3.05) is 0 Å². The molecule has 2 heteroatoms. The summed E-state index contributed by atoms with van der Waals surface area (Å²) in [7, 11) is 0. The van der Waals surface area contributed by atoms with E-state index in [2.05, 4.69) is 6.07 Å². The lowest BCUT2D eigenvalue weighted by molar-refractivity contribution is -0.0985. The quantitative estimate of drug-likeness (QED) is 0.747. The molecule has 0 spiro atoms. The monoisotopic (exact) mass is 216 g/mol. The highest BCUT2D eigenvalue weighted by Crippen LogP contribution is 2.43. The van der Waals surface area contributed by atoms with E-state index >= 15 is 0 Å². The molecule has 2 nitrogen and oxygen atoms in total. The van der Waals surface area contributed by atoms with Crippen molar-refractivity contribution in [3.63, 3.8) is 0 Å². The largest absolute Gasteiger partial charge is 0.489 e. The molecule has 4 unspecified atom stereocenters. The van der Waals surface area contributed by atoms with E-state index in [1.54, 1.807) is 0 Å². The molecule has 16 heavy (non-hydrogen) atoms. The second-order valence-corrected chi connectivity index (χ2v) is 5.00. The van der Waals surface area contributed by atoms with Crippen LogP contribution in [0.4, 0.5) is 0 Å². The van der Waals surface area contributed by atoms with Gasteiger partial charge in [0.1, 0.15) is 11.9 Å². The number of para-hydroxylation sites is 1. The van der Waals surface area contributed by atoms with Gasteiger partial charge in [0.25, 0.3) is 0 Å². The van der Waals surface area contributed by atoms with E-state index < -0.39 is 6.10 Å². The van der Waals surface area contributed by atoms with E-state index in [1.807, 2.05) is 24.3 Å². The Bertz CT molecular complexity index is 349. The molecule has 84 valence electrons. The Kier molecular flexibility index (Phi) is 2.60. The van der Waals surface area contributed by atoms with E-state index in [4.69, 9.17) is 4.74 Å². The maximum Gasteiger partial charge on any atom is 0.127 e. The minimum atomic E-state index is -0.402. The molecule has 0 N–H and O–H groups in total. The van der Waals surface area contributed by atoms with E-state index in [0.29, 0.717) is 5.92 Å². The molecule has 3 aliphatic rings. The number of benzene rings is 1. The molecular formula is C14H16O2. The standard InChI is InChI=1S/C14H16O2/c15-13-8-10-6-7-12(13)14(9-10)16-11-4-2-1-3-5-11/h1-4,10,12-14H,6-9H2. The molecular weight excluding hydrogens is 200 g/mol. The Morgan fingerprint density at radius 1 is 1.25 bits per heavy atom. The first-order chi connectivity index (χ1) is 7.83. The summed E-state index contributed by atoms with van der Waals surface area (Å²) in [5.41, 5.74) is 0. The number of ether oxygens (including phenoxy) is 1. The zero-order valence-corrected chi connectivity index (χ0v) is 9.26. The SMILES string of the molecule is [O]C1CC2CCC1C(Oc1[c]cccc1)C2. The predicted octanol–water partition coefficient (Wildman–Crippen LogP) is 2.85. The molecule has 2 radical (unpaired) electrons. The first-order valence-electron chi connectivity index (χ1n) is 6.12. The third kappa shape index (κ3) is 1.82. The van der Waals surface area contributed by atoms with Gasteiger partial charge in [0.15, 0.2) is 0 Å². The summed E-state index contributed by atoms with van der Waals surface area (Å²) in [5, 5.41) is 11.8. The first-order valence-corrected chi connectivity index (χ1v) is 6.12. The molecule has 3 fully saturated rings. The van der Waals surface area contributed by atoms with Crippen LogP contribution in [-0.4, -0.2) is 12.2 Å². The topological polar surface area (TPSA) is 29.1 Å². The van der Waals surface area contributed by atoms with Crippen LogP contribution in [0.3, 0.4) is 0 Å². The van der Waals surface area contributed by atoms with E-state index in [1.165, 1.54) is 6.42 Å². The summed E-state index contributed by atoms with van der Waals surface area (Å²) < 4.78 is 5.90. The summed E-state index contributed by atoms with van der Waals surface area (Å²) in [5.74, 6) is 1.60. The van der Waals surface area contributed by atoms with Crippen LogP contribution < -0.4 is 4.74 Å². The fourth-order valence-electron chi connectivity index (χ4n) is 3.13. The van der Waals surface area contributed by atoms with Crippen LogP contribution in [0.25, 0.3) is 0 Å². The Balaban J connectivity index is 1.72. The van der Waals surface area contributed by atoms with Crippen molar-refractivity contribution in [2.24, 2.45) is 11.8 Å². The Morgan fingerprint density at radius 3 is 2.88 bits per heavy atom. The van der Waals surface area contributed by atoms with Gasteiger partial charge in [-0.2, -0.15) is 0 Å². The number of rotatable bonds is 2. The van der Waals surface area contributed by atoms with Gasteiger partial charge in [-0.3, -0.25) is 0 Å². The van der Waals surface area contributed by atoms with E-state index in [-0.39, 0.29) is 12.0 Å². The van der Waals surface area contributed by atoms with E-state index in [0.717, 1.165) is 25.0 Å². The summed E-state index contributed by atoms with van der Waals surface area (Å²) >= 11 is 0. The molecule has 0 heterocycles. The summed E-state index contributed by atoms with van der Waals surface area (Å²) in [6.45, 7) is 0.